The number of anilines is 1. The Morgan fingerprint density at radius 3 is 2.69 bits per heavy atom. The average molecular weight is 260 g/mol. The quantitative estimate of drug-likeness (QED) is 0.778. The van der Waals surface area contributed by atoms with E-state index in [-0.39, 0.29) is 5.28 Å². The Morgan fingerprint density at radius 1 is 1.38 bits per heavy atom. The van der Waals surface area contributed by atoms with Crippen molar-refractivity contribution in [3.8, 4) is 0 Å². The Bertz CT molecular complexity index is 364. The number of rotatable bonds is 3. The highest BCUT2D eigenvalue weighted by molar-refractivity contribution is 6.33. The van der Waals surface area contributed by atoms with Crippen LogP contribution >= 0.6 is 23.2 Å². The molecule has 1 saturated carbocycles. The minimum atomic E-state index is 0.260. The van der Waals surface area contributed by atoms with E-state index in [4.69, 9.17) is 23.2 Å². The number of hydrogen-bond donors (Lipinski definition) is 0. The topological polar surface area (TPSA) is 29.0 Å². The molecule has 1 heterocycles. The molecule has 5 heteroatoms. The van der Waals surface area contributed by atoms with Gasteiger partial charge in [0.05, 0.1) is 6.20 Å². The van der Waals surface area contributed by atoms with E-state index in [1.54, 1.807) is 6.20 Å². The van der Waals surface area contributed by atoms with E-state index < -0.39 is 0 Å². The Kier molecular flexibility index (Phi) is 3.87. The predicted octanol–water partition coefficient (Wildman–Crippen LogP) is 3.55. The highest BCUT2D eigenvalue weighted by Gasteiger charge is 2.24. The molecule has 0 aromatic carbocycles. The zero-order valence-electron chi connectivity index (χ0n) is 9.29. The van der Waals surface area contributed by atoms with Gasteiger partial charge in [-0.2, -0.15) is 4.98 Å². The highest BCUT2D eigenvalue weighted by atomic mass is 35.5. The maximum Gasteiger partial charge on any atom is 0.224 e. The summed E-state index contributed by atoms with van der Waals surface area (Å²) in [6.07, 6.45) is 6.58. The van der Waals surface area contributed by atoms with Gasteiger partial charge >= 0.3 is 0 Å². The van der Waals surface area contributed by atoms with E-state index in [1.807, 2.05) is 0 Å². The van der Waals surface area contributed by atoms with Crippen LogP contribution in [-0.2, 0) is 0 Å². The molecule has 0 atom stereocenters. The van der Waals surface area contributed by atoms with E-state index in [1.165, 1.54) is 25.7 Å². The van der Waals surface area contributed by atoms with Crippen molar-refractivity contribution in [2.45, 2.75) is 38.6 Å². The van der Waals surface area contributed by atoms with Crippen molar-refractivity contribution in [2.24, 2.45) is 0 Å². The minimum Gasteiger partial charge on any atom is -0.353 e. The van der Waals surface area contributed by atoms with Crippen LogP contribution in [0.1, 0.15) is 32.6 Å². The zero-order chi connectivity index (χ0) is 11.5. The first kappa shape index (κ1) is 11.9. The summed E-state index contributed by atoms with van der Waals surface area (Å²) < 4.78 is 0. The molecule has 88 valence electrons. The lowest BCUT2D eigenvalue weighted by molar-refractivity contribution is 0.612. The van der Waals surface area contributed by atoms with Gasteiger partial charge in [-0.25, -0.2) is 4.98 Å². The Balaban J connectivity index is 2.28. The van der Waals surface area contributed by atoms with Crippen molar-refractivity contribution in [1.29, 1.82) is 0 Å². The van der Waals surface area contributed by atoms with Crippen molar-refractivity contribution in [3.05, 3.63) is 16.5 Å². The van der Waals surface area contributed by atoms with Crippen LogP contribution in [0.4, 0.5) is 5.82 Å². The summed E-state index contributed by atoms with van der Waals surface area (Å²) in [5.41, 5.74) is 0. The largest absolute Gasteiger partial charge is 0.353 e. The Morgan fingerprint density at radius 2 is 2.06 bits per heavy atom. The third-order valence-corrected chi connectivity index (χ3v) is 3.52. The second-order valence-corrected chi connectivity index (χ2v) is 4.78. The van der Waals surface area contributed by atoms with Crippen molar-refractivity contribution in [3.63, 3.8) is 0 Å². The van der Waals surface area contributed by atoms with E-state index in [2.05, 4.69) is 21.8 Å². The van der Waals surface area contributed by atoms with Gasteiger partial charge < -0.3 is 4.90 Å². The van der Waals surface area contributed by atoms with Crippen LogP contribution in [0.3, 0.4) is 0 Å². The van der Waals surface area contributed by atoms with Gasteiger partial charge in [0.15, 0.2) is 5.82 Å². The molecule has 0 radical (unpaired) electrons. The van der Waals surface area contributed by atoms with Gasteiger partial charge in [-0.05, 0) is 31.4 Å². The number of aromatic nitrogens is 2. The van der Waals surface area contributed by atoms with Crippen LogP contribution in [0.2, 0.25) is 10.3 Å². The highest BCUT2D eigenvalue weighted by Crippen LogP contribution is 2.31. The van der Waals surface area contributed by atoms with Crippen LogP contribution in [-0.4, -0.2) is 22.6 Å². The molecule has 0 unspecified atom stereocenters. The molecule has 1 aliphatic rings. The van der Waals surface area contributed by atoms with Gasteiger partial charge in [0.2, 0.25) is 5.28 Å². The summed E-state index contributed by atoms with van der Waals surface area (Å²) in [4.78, 5) is 10.4. The summed E-state index contributed by atoms with van der Waals surface area (Å²) in [5.74, 6) is 0.774. The number of hydrogen-bond acceptors (Lipinski definition) is 3. The van der Waals surface area contributed by atoms with E-state index in [0.29, 0.717) is 11.1 Å². The summed E-state index contributed by atoms with van der Waals surface area (Å²) in [6.45, 7) is 3.02. The maximum atomic E-state index is 6.12. The third-order valence-electron chi connectivity index (χ3n) is 3.07. The molecule has 0 amide bonds. The van der Waals surface area contributed by atoms with Gasteiger partial charge in [-0.1, -0.05) is 24.4 Å². The maximum absolute atomic E-state index is 6.12. The van der Waals surface area contributed by atoms with E-state index in [0.717, 1.165) is 12.4 Å². The fourth-order valence-corrected chi connectivity index (χ4v) is 2.66. The van der Waals surface area contributed by atoms with Gasteiger partial charge in [0.1, 0.15) is 5.02 Å². The predicted molar refractivity (Wildman–Crippen MR) is 67.3 cm³/mol. The Labute approximate surface area is 106 Å². The molecule has 0 bridgehead atoms. The van der Waals surface area contributed by atoms with Gasteiger partial charge in [0.25, 0.3) is 0 Å². The van der Waals surface area contributed by atoms with Crippen LogP contribution in [0.5, 0.6) is 0 Å². The summed E-state index contributed by atoms with van der Waals surface area (Å²) >= 11 is 11.9. The first-order valence-electron chi connectivity index (χ1n) is 5.67. The van der Waals surface area contributed by atoms with Crippen molar-refractivity contribution in [1.82, 2.24) is 9.97 Å². The van der Waals surface area contributed by atoms with Crippen molar-refractivity contribution < 1.29 is 0 Å². The lowest BCUT2D eigenvalue weighted by Crippen LogP contribution is -2.34. The van der Waals surface area contributed by atoms with Crippen LogP contribution in [0.15, 0.2) is 6.20 Å². The molecule has 1 aromatic rings. The van der Waals surface area contributed by atoms with Crippen LogP contribution in [0, 0.1) is 0 Å². The molecule has 16 heavy (non-hydrogen) atoms. The molecule has 1 aromatic heterocycles. The molecule has 2 rings (SSSR count). The lowest BCUT2D eigenvalue weighted by atomic mass is 10.2. The number of halogens is 2. The van der Waals surface area contributed by atoms with Crippen molar-refractivity contribution >= 4 is 29.0 Å². The number of nitrogens with zero attached hydrogens (tertiary/aromatic N) is 3. The van der Waals surface area contributed by atoms with E-state index in [9.17, 15) is 0 Å². The SMILES string of the molecule is CCN(c1nc(Cl)ncc1Cl)C1CCCC1. The normalized spacial score (nSPS) is 16.7. The molecule has 0 aliphatic heterocycles. The summed E-state index contributed by atoms with van der Waals surface area (Å²) in [5, 5.41) is 0.842. The third kappa shape index (κ3) is 2.41. The molecular formula is C11H15Cl2N3. The first-order valence-corrected chi connectivity index (χ1v) is 6.42. The average Bonchev–Trinajstić information content (AvgIpc) is 2.78. The smallest absolute Gasteiger partial charge is 0.224 e. The Hall–Kier alpha value is -0.540. The molecule has 1 aliphatic carbocycles. The fraction of sp³-hybridized carbons (Fsp3) is 0.636. The molecule has 0 saturated heterocycles. The molecular weight excluding hydrogens is 245 g/mol. The van der Waals surface area contributed by atoms with Gasteiger partial charge in [-0.15, -0.1) is 0 Å². The standard InChI is InChI=1S/C11H15Cl2N3/c1-2-16(8-5-3-4-6-8)10-9(12)7-14-11(13)15-10/h7-8H,2-6H2,1H3. The molecule has 1 fully saturated rings. The lowest BCUT2D eigenvalue weighted by Gasteiger charge is -2.29. The second kappa shape index (κ2) is 5.19. The van der Waals surface area contributed by atoms with Gasteiger partial charge in [-0.3, -0.25) is 0 Å². The van der Waals surface area contributed by atoms with Crippen LogP contribution < -0.4 is 4.90 Å². The summed E-state index contributed by atoms with van der Waals surface area (Å²) in [7, 11) is 0. The summed E-state index contributed by atoms with van der Waals surface area (Å²) in [6, 6.07) is 0.550. The second-order valence-electron chi connectivity index (χ2n) is 4.03. The van der Waals surface area contributed by atoms with Gasteiger partial charge in [0, 0.05) is 12.6 Å². The first-order chi connectivity index (χ1) is 7.72. The fourth-order valence-electron chi connectivity index (χ4n) is 2.34. The minimum absolute atomic E-state index is 0.260. The zero-order valence-corrected chi connectivity index (χ0v) is 10.8. The van der Waals surface area contributed by atoms with E-state index >= 15 is 0 Å². The monoisotopic (exact) mass is 259 g/mol. The molecule has 0 N–H and O–H groups in total. The van der Waals surface area contributed by atoms with Crippen LogP contribution in [0.25, 0.3) is 0 Å². The molecule has 3 nitrogen and oxygen atoms in total. The van der Waals surface area contributed by atoms with Crippen molar-refractivity contribution in [2.75, 3.05) is 11.4 Å². The molecule has 0 spiro atoms.